The second-order valence-corrected chi connectivity index (χ2v) is 13.4. The Morgan fingerprint density at radius 3 is 1.73 bits per heavy atom. The van der Waals surface area contributed by atoms with Gasteiger partial charge in [0, 0.05) is 5.56 Å². The normalized spacial score (nSPS) is 12.9. The van der Waals surface area contributed by atoms with Gasteiger partial charge in [0.15, 0.2) is 0 Å². The van der Waals surface area contributed by atoms with E-state index < -0.39 is 8.60 Å². The molecule has 0 fully saturated rings. The van der Waals surface area contributed by atoms with Crippen molar-refractivity contribution in [2.75, 3.05) is 6.61 Å². The van der Waals surface area contributed by atoms with Gasteiger partial charge in [-0.3, -0.25) is 4.52 Å². The van der Waals surface area contributed by atoms with Gasteiger partial charge in [0.05, 0.1) is 6.61 Å². The van der Waals surface area contributed by atoms with Crippen molar-refractivity contribution in [1.82, 2.24) is 0 Å². The zero-order valence-electron chi connectivity index (χ0n) is 24.8. The van der Waals surface area contributed by atoms with Gasteiger partial charge in [-0.05, 0) is 41.0 Å². The first kappa shape index (κ1) is 31.6. The van der Waals surface area contributed by atoms with Crippen molar-refractivity contribution < 1.29 is 13.6 Å². The van der Waals surface area contributed by atoms with Crippen LogP contribution in [-0.2, 0) is 15.4 Å². The van der Waals surface area contributed by atoms with Crippen LogP contribution in [0.3, 0.4) is 0 Å². The molecule has 0 aliphatic heterocycles. The first-order chi connectivity index (χ1) is 17.6. The molecule has 0 aliphatic rings. The van der Waals surface area contributed by atoms with Gasteiger partial charge >= 0.3 is 8.60 Å². The van der Waals surface area contributed by atoms with Crippen LogP contribution < -0.4 is 9.05 Å². The molecule has 2 aromatic carbocycles. The monoisotopic (exact) mass is 528 g/mol. The molecule has 0 N–H and O–H groups in total. The highest BCUT2D eigenvalue weighted by Gasteiger charge is 2.26. The minimum Gasteiger partial charge on any atom is -0.418 e. The van der Waals surface area contributed by atoms with E-state index in [-0.39, 0.29) is 10.8 Å². The molecule has 2 aromatic rings. The maximum Gasteiger partial charge on any atom is 0.463 e. The van der Waals surface area contributed by atoms with Crippen LogP contribution in [0, 0.1) is 0 Å². The zero-order chi connectivity index (χ0) is 27.2. The van der Waals surface area contributed by atoms with Gasteiger partial charge in [-0.15, -0.1) is 0 Å². The van der Waals surface area contributed by atoms with Gasteiger partial charge in [-0.2, -0.15) is 0 Å². The fourth-order valence-electron chi connectivity index (χ4n) is 4.29. The number of unbranched alkanes of at least 4 members (excludes halogenated alkanes) is 10. The highest BCUT2D eigenvalue weighted by molar-refractivity contribution is 7.42. The average molecular weight is 529 g/mol. The molecule has 0 bridgehead atoms. The molecular weight excluding hydrogens is 475 g/mol. The van der Waals surface area contributed by atoms with Crippen molar-refractivity contribution in [3.8, 4) is 11.5 Å². The molecule has 0 saturated carbocycles. The molecular formula is C33H53O3P. The van der Waals surface area contributed by atoms with Gasteiger partial charge in [0.1, 0.15) is 11.5 Å². The SMILES string of the molecule is CCCCCCCCCCCCCOP(Oc1ccccc1)Oc1ccc(C(C)(C)C)cc1C(C)(C)C. The Labute approximate surface area is 229 Å². The molecule has 37 heavy (non-hydrogen) atoms. The van der Waals surface area contributed by atoms with E-state index in [1.54, 1.807) is 0 Å². The summed E-state index contributed by atoms with van der Waals surface area (Å²) in [5.41, 5.74) is 2.51. The summed E-state index contributed by atoms with van der Waals surface area (Å²) < 4.78 is 18.9. The highest BCUT2D eigenvalue weighted by Crippen LogP contribution is 2.45. The third-order valence-corrected chi connectivity index (χ3v) is 7.79. The van der Waals surface area contributed by atoms with Crippen molar-refractivity contribution in [2.45, 2.75) is 130 Å². The molecule has 0 amide bonds. The summed E-state index contributed by atoms with van der Waals surface area (Å²) in [6.07, 6.45) is 14.5. The Hall–Kier alpha value is -1.57. The molecule has 208 valence electrons. The van der Waals surface area contributed by atoms with Crippen molar-refractivity contribution in [1.29, 1.82) is 0 Å². The van der Waals surface area contributed by atoms with Crippen LogP contribution in [0.15, 0.2) is 48.5 Å². The summed E-state index contributed by atoms with van der Waals surface area (Å²) >= 11 is 0. The lowest BCUT2D eigenvalue weighted by atomic mass is 9.80. The van der Waals surface area contributed by atoms with Gasteiger partial charge < -0.3 is 9.05 Å². The molecule has 4 heteroatoms. The molecule has 0 saturated heterocycles. The Kier molecular flexibility index (Phi) is 14.0. The first-order valence-electron chi connectivity index (χ1n) is 14.6. The lowest BCUT2D eigenvalue weighted by molar-refractivity contribution is 0.257. The summed E-state index contributed by atoms with van der Waals surface area (Å²) in [6, 6.07) is 16.4. The van der Waals surface area contributed by atoms with Crippen molar-refractivity contribution in [2.24, 2.45) is 0 Å². The lowest BCUT2D eigenvalue weighted by Gasteiger charge is -2.28. The Balaban J connectivity index is 1.91. The predicted octanol–water partition coefficient (Wildman–Crippen LogP) is 11.3. The van der Waals surface area contributed by atoms with Crippen LogP contribution >= 0.6 is 8.60 Å². The minimum atomic E-state index is -1.55. The predicted molar refractivity (Wildman–Crippen MR) is 161 cm³/mol. The molecule has 1 atom stereocenters. The molecule has 0 heterocycles. The first-order valence-corrected chi connectivity index (χ1v) is 15.7. The topological polar surface area (TPSA) is 27.7 Å². The maximum absolute atomic E-state index is 6.46. The number of hydrogen-bond donors (Lipinski definition) is 0. The highest BCUT2D eigenvalue weighted by atomic mass is 31.2. The molecule has 0 aliphatic carbocycles. The molecule has 2 rings (SSSR count). The fourth-order valence-corrected chi connectivity index (χ4v) is 5.32. The van der Waals surface area contributed by atoms with Gasteiger partial charge in [0.2, 0.25) is 0 Å². The quantitative estimate of drug-likeness (QED) is 0.151. The molecule has 0 radical (unpaired) electrons. The van der Waals surface area contributed by atoms with Gasteiger partial charge in [0.25, 0.3) is 0 Å². The lowest BCUT2D eigenvalue weighted by Crippen LogP contribution is -2.17. The van der Waals surface area contributed by atoms with Crippen LogP contribution in [-0.4, -0.2) is 6.61 Å². The smallest absolute Gasteiger partial charge is 0.418 e. The molecule has 0 spiro atoms. The van der Waals surface area contributed by atoms with E-state index >= 15 is 0 Å². The molecule has 0 aromatic heterocycles. The second kappa shape index (κ2) is 16.4. The summed E-state index contributed by atoms with van der Waals surface area (Å²) in [5.74, 6) is 1.62. The van der Waals surface area contributed by atoms with Crippen LogP contribution in [0.25, 0.3) is 0 Å². The summed E-state index contributed by atoms with van der Waals surface area (Å²) in [6.45, 7) is 16.4. The van der Waals surface area contributed by atoms with Gasteiger partial charge in [-0.1, -0.05) is 143 Å². The minimum absolute atomic E-state index is 0.0552. The average Bonchev–Trinajstić information content (AvgIpc) is 2.84. The van der Waals surface area contributed by atoms with Crippen LogP contribution in [0.5, 0.6) is 11.5 Å². The fraction of sp³-hybridized carbons (Fsp3) is 0.636. The Morgan fingerprint density at radius 1 is 0.622 bits per heavy atom. The second-order valence-electron chi connectivity index (χ2n) is 12.3. The van der Waals surface area contributed by atoms with E-state index in [0.29, 0.717) is 6.61 Å². The third-order valence-electron chi connectivity index (χ3n) is 6.69. The standard InChI is InChI=1S/C33H53O3P/c1-8-9-10-11-12-13-14-15-16-17-21-26-34-37(35-29-22-19-18-20-23-29)36-31-25-24-28(32(2,3)4)27-30(31)33(5,6)7/h18-20,22-25,27H,8-17,21,26H2,1-7H3. The van der Waals surface area contributed by atoms with Crippen LogP contribution in [0.4, 0.5) is 0 Å². The third kappa shape index (κ3) is 12.7. The zero-order valence-corrected chi connectivity index (χ0v) is 25.7. The Morgan fingerprint density at radius 2 is 1.19 bits per heavy atom. The van der Waals surface area contributed by atoms with E-state index in [9.17, 15) is 0 Å². The number of para-hydroxylation sites is 1. The van der Waals surface area contributed by atoms with Gasteiger partial charge in [-0.25, -0.2) is 0 Å². The van der Waals surface area contributed by atoms with E-state index in [1.165, 1.54) is 75.3 Å². The van der Waals surface area contributed by atoms with Crippen molar-refractivity contribution in [3.05, 3.63) is 59.7 Å². The van der Waals surface area contributed by atoms with E-state index in [0.717, 1.165) is 17.9 Å². The Bertz CT molecular complexity index is 867. The number of hydrogen-bond acceptors (Lipinski definition) is 3. The number of rotatable bonds is 17. The summed E-state index contributed by atoms with van der Waals surface area (Å²) in [4.78, 5) is 0. The molecule has 1 unspecified atom stereocenters. The van der Waals surface area contributed by atoms with Crippen LogP contribution in [0.2, 0.25) is 0 Å². The summed E-state index contributed by atoms with van der Waals surface area (Å²) in [5, 5.41) is 0. The van der Waals surface area contributed by atoms with Crippen molar-refractivity contribution in [3.63, 3.8) is 0 Å². The maximum atomic E-state index is 6.46. The largest absolute Gasteiger partial charge is 0.463 e. The van der Waals surface area contributed by atoms with E-state index in [4.69, 9.17) is 13.6 Å². The van der Waals surface area contributed by atoms with E-state index in [1.807, 2.05) is 30.3 Å². The number of benzene rings is 2. The van der Waals surface area contributed by atoms with Crippen LogP contribution in [0.1, 0.15) is 130 Å². The van der Waals surface area contributed by atoms with Crippen molar-refractivity contribution >= 4 is 8.60 Å². The van der Waals surface area contributed by atoms with E-state index in [2.05, 4.69) is 66.7 Å². The molecule has 3 nitrogen and oxygen atoms in total. The summed E-state index contributed by atoms with van der Waals surface area (Å²) in [7, 11) is -1.55.